The molecule has 0 radical (unpaired) electrons. The van der Waals surface area contributed by atoms with Gasteiger partial charge >= 0.3 is 17.6 Å². The van der Waals surface area contributed by atoms with Crippen LogP contribution in [0.25, 0.3) is 0 Å². The molecule has 0 bridgehead atoms. The van der Waals surface area contributed by atoms with Crippen LogP contribution in [0.3, 0.4) is 0 Å². The molecular formula is C46H76ClN5O11S. The number of aliphatic hydroxyl groups excluding tert-OH is 1. The van der Waals surface area contributed by atoms with E-state index in [0.29, 0.717) is 36.7 Å². The van der Waals surface area contributed by atoms with Gasteiger partial charge < -0.3 is 50.5 Å². The molecule has 0 aliphatic carbocycles. The van der Waals surface area contributed by atoms with Crippen LogP contribution in [0, 0.1) is 22.7 Å². The van der Waals surface area contributed by atoms with Gasteiger partial charge in [0.15, 0.2) is 6.29 Å². The number of anilines is 1. The maximum absolute atomic E-state index is 14.1. The summed E-state index contributed by atoms with van der Waals surface area (Å²) in [4.78, 5) is 33.4. The summed E-state index contributed by atoms with van der Waals surface area (Å²) in [7, 11) is 0.309. The fourth-order valence-corrected chi connectivity index (χ4v) is 8.82. The molecule has 364 valence electrons. The van der Waals surface area contributed by atoms with Crippen LogP contribution >= 0.6 is 11.6 Å². The number of rotatable bonds is 22. The van der Waals surface area contributed by atoms with Crippen LogP contribution < -0.4 is 21.7 Å². The van der Waals surface area contributed by atoms with Crippen molar-refractivity contribution in [1.29, 1.82) is 0 Å². The molecule has 0 unspecified atom stereocenters. The van der Waals surface area contributed by atoms with Gasteiger partial charge in [-0.05, 0) is 85.6 Å². The van der Waals surface area contributed by atoms with E-state index in [9.17, 15) is 27.9 Å². The summed E-state index contributed by atoms with van der Waals surface area (Å²) < 4.78 is 54.8. The minimum Gasteiger partial charge on any atom is -0.457 e. The number of alkyl carbamates (subject to hydrolysis) is 2. The molecule has 2 saturated heterocycles. The van der Waals surface area contributed by atoms with E-state index < -0.39 is 45.2 Å². The van der Waals surface area contributed by atoms with Gasteiger partial charge in [0, 0.05) is 44.0 Å². The van der Waals surface area contributed by atoms with Crippen LogP contribution in [-0.4, -0.2) is 121 Å². The van der Waals surface area contributed by atoms with Crippen molar-refractivity contribution in [3.05, 3.63) is 60.2 Å². The van der Waals surface area contributed by atoms with Crippen molar-refractivity contribution < 1.29 is 51.6 Å². The van der Waals surface area contributed by atoms with Crippen molar-refractivity contribution in [3.63, 3.8) is 0 Å². The van der Waals surface area contributed by atoms with Crippen molar-refractivity contribution in [3.8, 4) is 0 Å². The molecular weight excluding hydrogens is 866 g/mol. The highest BCUT2D eigenvalue weighted by molar-refractivity contribution is 7.89. The summed E-state index contributed by atoms with van der Waals surface area (Å²) in [6.07, 6.45) is 3.75. The summed E-state index contributed by atoms with van der Waals surface area (Å²) in [6, 6.07) is 15.2. The summed E-state index contributed by atoms with van der Waals surface area (Å²) in [5, 5.41) is 20.2. The van der Waals surface area contributed by atoms with Crippen LogP contribution in [0.5, 0.6) is 0 Å². The van der Waals surface area contributed by atoms with Crippen molar-refractivity contribution in [2.24, 2.45) is 28.4 Å². The Morgan fingerprint density at radius 1 is 0.953 bits per heavy atom. The first-order chi connectivity index (χ1) is 30.2. The molecule has 5 atom stereocenters. The molecule has 2 aliphatic heterocycles. The highest BCUT2D eigenvalue weighted by Gasteiger charge is 2.44. The predicted octanol–water partition coefficient (Wildman–Crippen LogP) is 7.52. The van der Waals surface area contributed by atoms with E-state index >= 15 is 0 Å². The number of carbonyl (C=O) groups is 3. The lowest BCUT2D eigenvalue weighted by atomic mass is 9.77. The zero-order chi connectivity index (χ0) is 47.9. The third-order valence-electron chi connectivity index (χ3n) is 11.8. The van der Waals surface area contributed by atoms with Gasteiger partial charge in [0.2, 0.25) is 10.0 Å². The van der Waals surface area contributed by atoms with Gasteiger partial charge in [-0.25, -0.2) is 22.8 Å². The first-order valence-electron chi connectivity index (χ1n) is 22.1. The lowest BCUT2D eigenvalue weighted by Crippen LogP contribution is -2.52. The smallest absolute Gasteiger partial charge is 0.407 e. The second-order valence-corrected chi connectivity index (χ2v) is 20.2. The Hall–Kier alpha value is -3.71. The van der Waals surface area contributed by atoms with Crippen LogP contribution in [0.4, 0.5) is 20.1 Å². The molecule has 64 heavy (non-hydrogen) atoms. The van der Waals surface area contributed by atoms with E-state index in [-0.39, 0.29) is 49.3 Å². The van der Waals surface area contributed by atoms with Crippen molar-refractivity contribution in [2.75, 3.05) is 66.0 Å². The molecule has 2 aliphatic rings. The molecule has 2 fully saturated rings. The largest absolute Gasteiger partial charge is 0.457 e. The van der Waals surface area contributed by atoms with E-state index in [4.69, 9.17) is 19.9 Å². The average Bonchev–Trinajstić information content (AvgIpc) is 3.89. The van der Waals surface area contributed by atoms with E-state index in [2.05, 4.69) is 64.7 Å². The number of nitrogens with two attached hydrogens (primary N) is 1. The van der Waals surface area contributed by atoms with Crippen molar-refractivity contribution in [1.82, 2.24) is 14.9 Å². The van der Waals surface area contributed by atoms with Gasteiger partial charge in [0.1, 0.15) is 6.10 Å². The number of hydrogen-bond donors (Lipinski definition) is 5. The number of nitrogens with zero attached hydrogens (tertiary/aromatic N) is 1. The van der Waals surface area contributed by atoms with Crippen LogP contribution in [-0.2, 0) is 40.1 Å². The number of nitrogens with one attached hydrogen (secondary N) is 3. The highest BCUT2D eigenvalue weighted by Crippen LogP contribution is 2.34. The summed E-state index contributed by atoms with van der Waals surface area (Å²) in [6.45, 7) is 15.2. The Morgan fingerprint density at radius 3 is 2.23 bits per heavy atom. The van der Waals surface area contributed by atoms with E-state index in [0.717, 1.165) is 44.1 Å². The topological polar surface area (TPSA) is 217 Å². The number of hydrogen-bond acceptors (Lipinski definition) is 13. The Labute approximate surface area is 387 Å². The monoisotopic (exact) mass is 941 g/mol. The molecule has 16 nitrogen and oxygen atoms in total. The maximum atomic E-state index is 14.1. The number of sulfonamides is 1. The number of amides is 2. The fraction of sp³-hybridized carbons (Fsp3) is 0.674. The Kier molecular flexibility index (Phi) is 25.0. The quantitative estimate of drug-likeness (QED) is 0.0439. The number of aliphatic hydroxyl groups is 1. The van der Waals surface area contributed by atoms with Gasteiger partial charge in [-0.3, -0.25) is 0 Å². The third-order valence-corrected chi connectivity index (χ3v) is 13.8. The Balaban J connectivity index is 0.000000586. The summed E-state index contributed by atoms with van der Waals surface area (Å²) >= 11 is 4.60. The number of carbonyl (C=O) groups excluding carboxylic acids is 3. The maximum Gasteiger partial charge on any atom is 0.407 e. The number of ether oxygens (including phenoxy) is 5. The molecule has 0 spiro atoms. The second-order valence-electron chi connectivity index (χ2n) is 17.9. The molecule has 2 amide bonds. The van der Waals surface area contributed by atoms with E-state index in [1.54, 1.807) is 31.3 Å². The molecule has 18 heteroatoms. The van der Waals surface area contributed by atoms with E-state index in [1.165, 1.54) is 24.9 Å². The second kappa shape index (κ2) is 28.4. The zero-order valence-corrected chi connectivity index (χ0v) is 41.0. The molecule has 2 aromatic carbocycles. The van der Waals surface area contributed by atoms with Gasteiger partial charge in [-0.1, -0.05) is 90.8 Å². The van der Waals surface area contributed by atoms with Crippen LogP contribution in [0.2, 0.25) is 0 Å². The Bertz CT molecular complexity index is 1790. The number of fused-ring (bicyclic) bond motifs is 1. The van der Waals surface area contributed by atoms with Gasteiger partial charge in [0.25, 0.3) is 0 Å². The first kappa shape index (κ1) is 56.4. The zero-order valence-electron chi connectivity index (χ0n) is 39.4. The number of halogens is 1. The van der Waals surface area contributed by atoms with Crippen molar-refractivity contribution >= 4 is 44.9 Å². The Morgan fingerprint density at radius 2 is 1.62 bits per heavy atom. The summed E-state index contributed by atoms with van der Waals surface area (Å²) in [5.41, 5.74) is 6.47. The van der Waals surface area contributed by atoms with E-state index in [1.807, 2.05) is 44.2 Å². The highest BCUT2D eigenvalue weighted by atomic mass is 35.5. The fourth-order valence-electron chi connectivity index (χ4n) is 7.13. The van der Waals surface area contributed by atoms with Crippen molar-refractivity contribution in [2.45, 2.75) is 122 Å². The predicted molar refractivity (Wildman–Crippen MR) is 250 cm³/mol. The standard InChI is InChI=1S/C32H48N4O7S.C12H25NO2.C2H3ClO2/c1-32(2,15-7-8-16-33)22-36(44(39,40)25-13-9-12-24(19-25)34-3)20-28(37)27(18-23-10-5-4-6-11-23)35-31(38)43-29-21-42-30-26(29)14-17-41-30;1-10(2)12(3,4)8-6-7-9-13-11(14)15-5;1-5-2(3)4/h4-6,9-13,19,26-30,34,37H,7-8,14-18,20-22,33H2,1-3H3,(H,35,38);10H,6-9H2,1-5H3,(H,13,14);1H3/t26-,27-,28+,29-,30+;;/m0../s1. The molecule has 2 heterocycles. The van der Waals surface area contributed by atoms with Gasteiger partial charge in [0.05, 0.1) is 50.4 Å². The molecule has 0 saturated carbocycles. The minimum atomic E-state index is -4.02. The normalized spacial score (nSPS) is 18.1. The lowest BCUT2D eigenvalue weighted by molar-refractivity contribution is -0.0907. The molecule has 0 aromatic heterocycles. The number of benzene rings is 2. The average molecular weight is 943 g/mol. The van der Waals surface area contributed by atoms with Crippen LogP contribution in [0.1, 0.15) is 92.1 Å². The molecule has 4 rings (SSSR count). The first-order valence-corrected chi connectivity index (χ1v) is 24.0. The van der Waals surface area contributed by atoms with Gasteiger partial charge in [-0.2, -0.15) is 4.31 Å². The molecule has 2 aromatic rings. The number of methoxy groups -OCH3 is 2. The number of unbranched alkanes of at least 4 members (excludes halogenated alkanes) is 2. The SMILES string of the molecule is CNc1cccc(S(=O)(=O)N(C[C@@H](O)[C@H](Cc2ccccc2)NC(=O)O[C@H]2CO[C@H]3OCC[C@H]32)CC(C)(C)CCCCN)c1.COC(=O)Cl.COC(=O)NCCCCC(C)(C)C(C)C. The van der Waals surface area contributed by atoms with Crippen LogP contribution in [0.15, 0.2) is 59.5 Å². The third kappa shape index (κ3) is 20.2. The lowest BCUT2D eigenvalue weighted by Gasteiger charge is -2.35. The summed E-state index contributed by atoms with van der Waals surface area (Å²) in [5.74, 6) is 0.667. The van der Waals surface area contributed by atoms with Gasteiger partial charge in [-0.15, -0.1) is 0 Å². The minimum absolute atomic E-state index is 0.0336. The molecule has 6 N–H and O–H groups in total.